The van der Waals surface area contributed by atoms with Gasteiger partial charge in [0.1, 0.15) is 11.5 Å². The van der Waals surface area contributed by atoms with Gasteiger partial charge in [0.25, 0.3) is 5.91 Å². The van der Waals surface area contributed by atoms with Crippen molar-refractivity contribution in [1.29, 1.82) is 0 Å². The zero-order valence-electron chi connectivity index (χ0n) is 14.2. The van der Waals surface area contributed by atoms with Gasteiger partial charge < -0.3 is 10.6 Å². The monoisotopic (exact) mass is 366 g/mol. The predicted molar refractivity (Wildman–Crippen MR) is 103 cm³/mol. The first-order valence-electron chi connectivity index (χ1n) is 8.33. The lowest BCUT2D eigenvalue weighted by molar-refractivity contribution is 0.0945. The molecule has 0 spiro atoms. The number of nitrogens with zero attached hydrogens (tertiary/aromatic N) is 2. The van der Waals surface area contributed by atoms with E-state index in [-0.39, 0.29) is 11.6 Å². The fourth-order valence-corrected chi connectivity index (χ4v) is 2.52. The maximum atomic E-state index is 12.1. The first-order chi connectivity index (χ1) is 12.7. The maximum absolute atomic E-state index is 12.1. The molecule has 0 saturated carbocycles. The quantitative estimate of drug-likeness (QED) is 0.668. The summed E-state index contributed by atoms with van der Waals surface area (Å²) >= 11 is 5.84. The molecule has 132 valence electrons. The van der Waals surface area contributed by atoms with Crippen LogP contribution in [0.2, 0.25) is 5.02 Å². The highest BCUT2D eigenvalue weighted by atomic mass is 35.5. The average Bonchev–Trinajstić information content (AvgIpc) is 2.69. The van der Waals surface area contributed by atoms with Crippen molar-refractivity contribution in [2.75, 3.05) is 11.9 Å². The van der Waals surface area contributed by atoms with E-state index < -0.39 is 0 Å². The Morgan fingerprint density at radius 1 is 0.923 bits per heavy atom. The molecular weight excluding hydrogens is 348 g/mol. The van der Waals surface area contributed by atoms with Crippen molar-refractivity contribution in [2.24, 2.45) is 0 Å². The van der Waals surface area contributed by atoms with Crippen molar-refractivity contribution in [3.63, 3.8) is 0 Å². The van der Waals surface area contributed by atoms with Crippen LogP contribution in [0.15, 0.2) is 67.0 Å². The van der Waals surface area contributed by atoms with Crippen LogP contribution in [0.3, 0.4) is 0 Å². The number of rotatable bonds is 7. The highest BCUT2D eigenvalue weighted by Crippen LogP contribution is 2.09. The summed E-state index contributed by atoms with van der Waals surface area (Å²) in [5.41, 5.74) is 2.51. The minimum absolute atomic E-state index is 0.261. The molecule has 2 aromatic carbocycles. The molecule has 3 rings (SSSR count). The summed E-state index contributed by atoms with van der Waals surface area (Å²) in [5, 5.41) is 6.69. The molecule has 5 nitrogen and oxygen atoms in total. The Morgan fingerprint density at radius 2 is 1.69 bits per heavy atom. The van der Waals surface area contributed by atoms with Gasteiger partial charge in [-0.05, 0) is 29.7 Å². The van der Waals surface area contributed by atoms with E-state index in [0.29, 0.717) is 17.4 Å². The second-order valence-corrected chi connectivity index (χ2v) is 6.19. The number of hydrogen-bond donors (Lipinski definition) is 2. The molecular formula is C20H19ClN4O. The topological polar surface area (TPSA) is 66.9 Å². The Morgan fingerprint density at radius 3 is 2.38 bits per heavy atom. The molecule has 26 heavy (non-hydrogen) atoms. The molecule has 0 aliphatic carbocycles. The van der Waals surface area contributed by atoms with Crippen LogP contribution in [-0.2, 0) is 13.0 Å². The summed E-state index contributed by atoms with van der Waals surface area (Å²) in [6, 6.07) is 17.5. The van der Waals surface area contributed by atoms with Gasteiger partial charge in [0.05, 0.1) is 12.4 Å². The predicted octanol–water partition coefficient (Wildman–Crippen LogP) is 3.71. The van der Waals surface area contributed by atoms with Crippen LogP contribution in [0.1, 0.15) is 21.6 Å². The highest BCUT2D eigenvalue weighted by molar-refractivity contribution is 6.30. The number of benzene rings is 2. The molecule has 6 heteroatoms. The fraction of sp³-hybridized carbons (Fsp3) is 0.150. The zero-order valence-corrected chi connectivity index (χ0v) is 14.9. The van der Waals surface area contributed by atoms with E-state index in [4.69, 9.17) is 11.6 Å². The van der Waals surface area contributed by atoms with E-state index in [9.17, 15) is 4.79 Å². The second kappa shape index (κ2) is 8.97. The molecule has 0 bridgehead atoms. The summed E-state index contributed by atoms with van der Waals surface area (Å²) in [6.45, 7) is 1.16. The van der Waals surface area contributed by atoms with Gasteiger partial charge in [-0.2, -0.15) is 0 Å². The molecule has 0 atom stereocenters. The summed E-state index contributed by atoms with van der Waals surface area (Å²) in [5.74, 6) is 0.387. The minimum atomic E-state index is -0.261. The number of amides is 1. The van der Waals surface area contributed by atoms with Crippen LogP contribution in [0, 0.1) is 0 Å². The van der Waals surface area contributed by atoms with E-state index >= 15 is 0 Å². The molecule has 0 aliphatic rings. The van der Waals surface area contributed by atoms with Crippen molar-refractivity contribution < 1.29 is 4.79 Å². The lowest BCUT2D eigenvalue weighted by atomic mass is 10.1. The van der Waals surface area contributed by atoms with E-state index in [1.807, 2.05) is 30.3 Å². The Hall–Kier alpha value is -2.92. The van der Waals surface area contributed by atoms with Crippen LogP contribution in [0.4, 0.5) is 5.82 Å². The summed E-state index contributed by atoms with van der Waals surface area (Å²) < 4.78 is 0. The van der Waals surface area contributed by atoms with Crippen LogP contribution in [0.5, 0.6) is 0 Å². The SMILES string of the molecule is O=C(NCc1ccc(Cl)cc1)c1cnc(NCCc2ccccc2)cn1. The van der Waals surface area contributed by atoms with Crippen molar-refractivity contribution in [1.82, 2.24) is 15.3 Å². The number of aromatic nitrogens is 2. The first kappa shape index (κ1) is 17.9. The standard InChI is InChI=1S/C20H19ClN4O/c21-17-8-6-16(7-9-17)12-25-20(26)18-13-24-19(14-23-18)22-11-10-15-4-2-1-3-5-15/h1-9,13-14H,10-12H2,(H,22,24)(H,25,26). The van der Waals surface area contributed by atoms with E-state index in [0.717, 1.165) is 18.5 Å². The largest absolute Gasteiger partial charge is 0.368 e. The number of carbonyl (C=O) groups is 1. The van der Waals surface area contributed by atoms with Gasteiger partial charge >= 0.3 is 0 Å². The number of anilines is 1. The number of carbonyl (C=O) groups excluding carboxylic acids is 1. The van der Waals surface area contributed by atoms with Gasteiger partial charge in [-0.25, -0.2) is 9.97 Å². The minimum Gasteiger partial charge on any atom is -0.368 e. The van der Waals surface area contributed by atoms with Gasteiger partial charge in [-0.3, -0.25) is 4.79 Å². The second-order valence-electron chi connectivity index (χ2n) is 5.76. The van der Waals surface area contributed by atoms with Crippen molar-refractivity contribution in [3.8, 4) is 0 Å². The molecule has 0 aliphatic heterocycles. The van der Waals surface area contributed by atoms with Crippen LogP contribution < -0.4 is 10.6 Å². The lowest BCUT2D eigenvalue weighted by Gasteiger charge is -2.07. The first-order valence-corrected chi connectivity index (χ1v) is 8.71. The Balaban J connectivity index is 1.47. The van der Waals surface area contributed by atoms with Gasteiger partial charge in [-0.15, -0.1) is 0 Å². The Bertz CT molecular complexity index is 836. The van der Waals surface area contributed by atoms with E-state index in [1.54, 1.807) is 18.3 Å². The smallest absolute Gasteiger partial charge is 0.271 e. The van der Waals surface area contributed by atoms with Gasteiger partial charge in [-0.1, -0.05) is 54.1 Å². The molecule has 1 aromatic heterocycles. The van der Waals surface area contributed by atoms with Crippen LogP contribution >= 0.6 is 11.6 Å². The summed E-state index contributed by atoms with van der Waals surface area (Å²) in [7, 11) is 0. The third-order valence-electron chi connectivity index (χ3n) is 3.81. The zero-order chi connectivity index (χ0) is 18.2. The molecule has 2 N–H and O–H groups in total. The van der Waals surface area contributed by atoms with Crippen molar-refractivity contribution >= 4 is 23.3 Å². The molecule has 0 radical (unpaired) electrons. The summed E-state index contributed by atoms with van der Waals surface area (Å²) in [6.07, 6.45) is 3.94. The van der Waals surface area contributed by atoms with Gasteiger partial charge in [0, 0.05) is 18.1 Å². The molecule has 1 heterocycles. The lowest BCUT2D eigenvalue weighted by Crippen LogP contribution is -2.24. The average molecular weight is 367 g/mol. The maximum Gasteiger partial charge on any atom is 0.271 e. The fourth-order valence-electron chi connectivity index (χ4n) is 2.39. The van der Waals surface area contributed by atoms with E-state index in [1.165, 1.54) is 11.8 Å². The normalized spacial score (nSPS) is 10.3. The summed E-state index contributed by atoms with van der Waals surface area (Å²) in [4.78, 5) is 20.6. The van der Waals surface area contributed by atoms with Crippen LogP contribution in [-0.4, -0.2) is 22.4 Å². The molecule has 1 amide bonds. The van der Waals surface area contributed by atoms with Crippen molar-refractivity contribution in [3.05, 3.63) is 88.8 Å². The molecule has 0 saturated heterocycles. The van der Waals surface area contributed by atoms with E-state index in [2.05, 4.69) is 32.7 Å². The molecule has 0 fully saturated rings. The third kappa shape index (κ3) is 5.29. The Labute approximate surface area is 157 Å². The Kier molecular flexibility index (Phi) is 6.17. The van der Waals surface area contributed by atoms with Crippen LogP contribution in [0.25, 0.3) is 0 Å². The number of nitrogens with one attached hydrogen (secondary N) is 2. The van der Waals surface area contributed by atoms with Gasteiger partial charge in [0.15, 0.2) is 0 Å². The number of hydrogen-bond acceptors (Lipinski definition) is 4. The van der Waals surface area contributed by atoms with Gasteiger partial charge in [0.2, 0.25) is 0 Å². The number of halogens is 1. The molecule has 3 aromatic rings. The highest BCUT2D eigenvalue weighted by Gasteiger charge is 2.07. The molecule has 0 unspecified atom stereocenters. The third-order valence-corrected chi connectivity index (χ3v) is 4.07. The van der Waals surface area contributed by atoms with Crippen molar-refractivity contribution in [2.45, 2.75) is 13.0 Å².